The molecule has 1 fully saturated rings. The molecular weight excluding hydrogens is 444 g/mol. The summed E-state index contributed by atoms with van der Waals surface area (Å²) in [6.45, 7) is 0.974. The standard InChI is InChI=1S/C28H34N2O5/c31-17-16-30(28(33)29-15-14-21-8-3-1-4-9-21)18-23-20-35-25-13-7-12-24(26(25)27(23)32)34-19-22-10-5-2-6-11-22/h1,3-4,7-9,12-13,20,22,31H,2,5-6,10-11,14-19H2,(H,29,33). The Kier molecular flexibility index (Phi) is 8.79. The highest BCUT2D eigenvalue weighted by atomic mass is 16.5. The summed E-state index contributed by atoms with van der Waals surface area (Å²) >= 11 is 0. The van der Waals surface area contributed by atoms with E-state index in [2.05, 4.69) is 5.32 Å². The van der Waals surface area contributed by atoms with Crippen molar-refractivity contribution in [2.24, 2.45) is 5.92 Å². The minimum absolute atomic E-state index is 0.0347. The zero-order valence-corrected chi connectivity index (χ0v) is 20.1. The lowest BCUT2D eigenvalue weighted by Gasteiger charge is -2.23. The number of ether oxygens (including phenoxy) is 1. The van der Waals surface area contributed by atoms with Crippen LogP contribution in [-0.2, 0) is 13.0 Å². The monoisotopic (exact) mass is 478 g/mol. The van der Waals surface area contributed by atoms with Gasteiger partial charge < -0.3 is 24.5 Å². The van der Waals surface area contributed by atoms with Crippen molar-refractivity contribution in [1.29, 1.82) is 0 Å². The van der Waals surface area contributed by atoms with Gasteiger partial charge in [-0.05, 0) is 42.9 Å². The Morgan fingerprint density at radius 1 is 1.09 bits per heavy atom. The number of urea groups is 1. The summed E-state index contributed by atoms with van der Waals surface area (Å²) < 4.78 is 11.8. The molecule has 0 bridgehead atoms. The second-order valence-corrected chi connectivity index (χ2v) is 9.15. The average molecular weight is 479 g/mol. The molecule has 1 aliphatic carbocycles. The summed E-state index contributed by atoms with van der Waals surface area (Å²) in [6, 6.07) is 14.9. The highest BCUT2D eigenvalue weighted by Crippen LogP contribution is 2.27. The van der Waals surface area contributed by atoms with Crippen molar-refractivity contribution in [2.75, 3.05) is 26.3 Å². The van der Waals surface area contributed by atoms with E-state index in [1.165, 1.54) is 30.4 Å². The first-order chi connectivity index (χ1) is 17.2. The van der Waals surface area contributed by atoms with Gasteiger partial charge in [-0.25, -0.2) is 4.79 Å². The summed E-state index contributed by atoms with van der Waals surface area (Å²) in [4.78, 5) is 27.6. The van der Waals surface area contributed by atoms with Crippen molar-refractivity contribution in [3.8, 4) is 5.75 Å². The molecule has 0 atom stereocenters. The molecule has 7 heteroatoms. The SMILES string of the molecule is O=C(NCCc1ccccc1)N(CCO)Cc1coc2cccc(OCC3CCCCC3)c2c1=O. The van der Waals surface area contributed by atoms with E-state index in [4.69, 9.17) is 9.15 Å². The minimum atomic E-state index is -0.337. The Labute approximate surface area is 205 Å². The van der Waals surface area contributed by atoms with Gasteiger partial charge in [-0.2, -0.15) is 0 Å². The molecule has 0 spiro atoms. The number of carbonyl (C=O) groups excluding carboxylic acids is 1. The molecule has 2 N–H and O–H groups in total. The second kappa shape index (κ2) is 12.4. The van der Waals surface area contributed by atoms with Crippen LogP contribution >= 0.6 is 0 Å². The molecular formula is C28H34N2O5. The molecule has 2 amide bonds. The number of nitrogens with zero attached hydrogens (tertiary/aromatic N) is 1. The van der Waals surface area contributed by atoms with Gasteiger partial charge in [-0.3, -0.25) is 4.79 Å². The molecule has 0 radical (unpaired) electrons. The summed E-state index contributed by atoms with van der Waals surface area (Å²) in [6.07, 6.45) is 8.13. The van der Waals surface area contributed by atoms with Crippen molar-refractivity contribution >= 4 is 17.0 Å². The molecule has 3 aromatic rings. The highest BCUT2D eigenvalue weighted by Gasteiger charge is 2.19. The summed E-state index contributed by atoms with van der Waals surface area (Å²) in [7, 11) is 0. The van der Waals surface area contributed by atoms with E-state index in [1.54, 1.807) is 12.1 Å². The average Bonchev–Trinajstić information content (AvgIpc) is 2.89. The van der Waals surface area contributed by atoms with E-state index in [0.29, 0.717) is 47.8 Å². The molecule has 2 aromatic carbocycles. The molecule has 7 nitrogen and oxygen atoms in total. The lowest BCUT2D eigenvalue weighted by atomic mass is 9.90. The fourth-order valence-electron chi connectivity index (χ4n) is 4.62. The third-order valence-corrected chi connectivity index (χ3v) is 6.59. The van der Waals surface area contributed by atoms with Crippen molar-refractivity contribution in [3.63, 3.8) is 0 Å². The van der Waals surface area contributed by atoms with Gasteiger partial charge in [0.1, 0.15) is 16.7 Å². The number of rotatable bonds is 10. The molecule has 0 aliphatic heterocycles. The van der Waals surface area contributed by atoms with Gasteiger partial charge in [0.05, 0.1) is 31.6 Å². The Morgan fingerprint density at radius 2 is 1.89 bits per heavy atom. The smallest absolute Gasteiger partial charge is 0.317 e. The predicted molar refractivity (Wildman–Crippen MR) is 136 cm³/mol. The van der Waals surface area contributed by atoms with E-state index < -0.39 is 0 Å². The Balaban J connectivity index is 1.46. The van der Waals surface area contributed by atoms with Crippen molar-refractivity contribution in [2.45, 2.75) is 45.1 Å². The van der Waals surface area contributed by atoms with Gasteiger partial charge >= 0.3 is 6.03 Å². The molecule has 1 aromatic heterocycles. The topological polar surface area (TPSA) is 92.0 Å². The molecule has 1 saturated carbocycles. The Morgan fingerprint density at radius 3 is 2.66 bits per heavy atom. The number of aliphatic hydroxyl groups is 1. The predicted octanol–water partition coefficient (Wildman–Crippen LogP) is 4.50. The minimum Gasteiger partial charge on any atom is -0.492 e. The molecule has 0 saturated heterocycles. The van der Waals surface area contributed by atoms with Crippen LogP contribution in [0.2, 0.25) is 0 Å². The summed E-state index contributed by atoms with van der Waals surface area (Å²) in [5.41, 5.74) is 1.71. The third-order valence-electron chi connectivity index (χ3n) is 6.59. The quantitative estimate of drug-likeness (QED) is 0.448. The first kappa shape index (κ1) is 24.8. The molecule has 35 heavy (non-hydrogen) atoms. The third kappa shape index (κ3) is 6.63. The number of amides is 2. The largest absolute Gasteiger partial charge is 0.492 e. The molecule has 4 rings (SSSR count). The lowest BCUT2D eigenvalue weighted by Crippen LogP contribution is -2.42. The number of benzene rings is 2. The first-order valence-corrected chi connectivity index (χ1v) is 12.5. The van der Waals surface area contributed by atoms with Gasteiger partial charge in [-0.15, -0.1) is 0 Å². The maximum Gasteiger partial charge on any atom is 0.317 e. The summed E-state index contributed by atoms with van der Waals surface area (Å²) in [5, 5.41) is 12.8. The molecule has 1 heterocycles. The maximum atomic E-state index is 13.4. The van der Waals surface area contributed by atoms with Gasteiger partial charge in [0.15, 0.2) is 0 Å². The fraction of sp³-hybridized carbons (Fsp3) is 0.429. The van der Waals surface area contributed by atoms with Gasteiger partial charge in [0.2, 0.25) is 5.43 Å². The zero-order chi connectivity index (χ0) is 24.5. The van der Waals surface area contributed by atoms with Crippen LogP contribution in [0.3, 0.4) is 0 Å². The Bertz CT molecular complexity index is 1150. The number of hydrogen-bond acceptors (Lipinski definition) is 5. The lowest BCUT2D eigenvalue weighted by molar-refractivity contribution is 0.173. The van der Waals surface area contributed by atoms with E-state index in [0.717, 1.165) is 18.4 Å². The van der Waals surface area contributed by atoms with Crippen LogP contribution in [0.4, 0.5) is 4.79 Å². The number of nitrogens with one attached hydrogen (secondary N) is 1. The van der Waals surface area contributed by atoms with Crippen LogP contribution in [0, 0.1) is 5.92 Å². The molecule has 186 valence electrons. The number of fused-ring (bicyclic) bond motifs is 1. The van der Waals surface area contributed by atoms with E-state index in [-0.39, 0.29) is 31.2 Å². The fourth-order valence-corrected chi connectivity index (χ4v) is 4.62. The van der Waals surface area contributed by atoms with Gasteiger partial charge in [0, 0.05) is 13.1 Å². The maximum absolute atomic E-state index is 13.4. The van der Waals surface area contributed by atoms with Crippen molar-refractivity contribution in [3.05, 3.63) is 76.1 Å². The van der Waals surface area contributed by atoms with Crippen LogP contribution in [0.25, 0.3) is 11.0 Å². The van der Waals surface area contributed by atoms with Crippen LogP contribution in [-0.4, -0.2) is 42.3 Å². The highest BCUT2D eigenvalue weighted by molar-refractivity contribution is 5.83. The van der Waals surface area contributed by atoms with Crippen LogP contribution in [0.5, 0.6) is 5.75 Å². The number of aliphatic hydroxyl groups excluding tert-OH is 1. The number of hydrogen-bond donors (Lipinski definition) is 2. The Hall–Kier alpha value is -3.32. The van der Waals surface area contributed by atoms with Gasteiger partial charge in [0.25, 0.3) is 0 Å². The zero-order valence-electron chi connectivity index (χ0n) is 20.1. The first-order valence-electron chi connectivity index (χ1n) is 12.5. The normalized spacial score (nSPS) is 14.1. The van der Waals surface area contributed by atoms with E-state index in [9.17, 15) is 14.7 Å². The van der Waals surface area contributed by atoms with E-state index in [1.807, 2.05) is 36.4 Å². The van der Waals surface area contributed by atoms with Crippen LogP contribution < -0.4 is 15.5 Å². The molecule has 0 unspecified atom stereocenters. The second-order valence-electron chi connectivity index (χ2n) is 9.15. The van der Waals surface area contributed by atoms with Crippen molar-refractivity contribution in [1.82, 2.24) is 10.2 Å². The van der Waals surface area contributed by atoms with Crippen LogP contribution in [0.1, 0.15) is 43.2 Å². The van der Waals surface area contributed by atoms with Gasteiger partial charge in [-0.1, -0.05) is 55.7 Å². The van der Waals surface area contributed by atoms with Crippen molar-refractivity contribution < 1.29 is 19.1 Å². The van der Waals surface area contributed by atoms with Crippen LogP contribution in [0.15, 0.2) is 64.0 Å². The summed E-state index contributed by atoms with van der Waals surface area (Å²) in [5.74, 6) is 1.03. The molecule has 1 aliphatic rings. The number of carbonyl (C=O) groups is 1. The van der Waals surface area contributed by atoms with E-state index >= 15 is 0 Å².